The van der Waals surface area contributed by atoms with Crippen molar-refractivity contribution in [1.82, 2.24) is 9.19 Å². The summed E-state index contributed by atoms with van der Waals surface area (Å²) in [5.41, 5.74) is 0.287. The number of hydrogen-bond donors (Lipinski definition) is 1. The lowest BCUT2D eigenvalue weighted by Gasteiger charge is -2.12. The van der Waals surface area contributed by atoms with Crippen LogP contribution in [-0.2, 0) is 14.8 Å². The van der Waals surface area contributed by atoms with Crippen LogP contribution in [0.25, 0.3) is 17.3 Å². The molecule has 0 unspecified atom stereocenters. The molecule has 1 aliphatic carbocycles. The molecule has 1 N–H and O–H groups in total. The van der Waals surface area contributed by atoms with E-state index in [-0.39, 0.29) is 27.4 Å². The molecular weight excluding hydrogens is 380 g/mol. The highest BCUT2D eigenvalue weighted by Gasteiger charge is 2.37. The molecule has 28 heavy (non-hydrogen) atoms. The fourth-order valence-electron chi connectivity index (χ4n) is 3.04. The van der Waals surface area contributed by atoms with E-state index in [0.29, 0.717) is 5.56 Å². The molecule has 1 aliphatic rings. The molecule has 0 atom stereocenters. The number of Topliss-reactive ketones (excluding diaryl/α,β-unsaturated/α-hetero) is 2. The summed E-state index contributed by atoms with van der Waals surface area (Å²) in [6.45, 7) is -0.679. The van der Waals surface area contributed by atoms with Crippen LogP contribution in [0.15, 0.2) is 71.1 Å². The van der Waals surface area contributed by atoms with Crippen LogP contribution in [-0.4, -0.2) is 40.9 Å². The topological polar surface area (TPSA) is 106 Å². The van der Waals surface area contributed by atoms with Crippen molar-refractivity contribution in [2.45, 2.75) is 4.90 Å². The second-order valence-corrected chi connectivity index (χ2v) is 7.89. The number of fused-ring (bicyclic) bond motifs is 1. The van der Waals surface area contributed by atoms with Gasteiger partial charge in [0.1, 0.15) is 5.69 Å². The summed E-state index contributed by atoms with van der Waals surface area (Å²) in [5.74, 6) is -1.77. The molecule has 8 heteroatoms. The zero-order chi connectivity index (χ0) is 19.9. The minimum absolute atomic E-state index is 0.0109. The second-order valence-electron chi connectivity index (χ2n) is 6.12. The molecule has 0 fully saturated rings. The average molecular weight is 394 g/mol. The molecule has 140 valence electrons. The Bertz CT molecular complexity index is 1230. The Morgan fingerprint density at radius 3 is 2.11 bits per heavy atom. The minimum atomic E-state index is -4.12. The van der Waals surface area contributed by atoms with Gasteiger partial charge in [0.2, 0.25) is 11.6 Å². The van der Waals surface area contributed by atoms with Gasteiger partial charge in [0.15, 0.2) is 0 Å². The van der Waals surface area contributed by atoms with Crippen molar-refractivity contribution in [1.29, 1.82) is 0 Å². The molecule has 1 aromatic heterocycles. The Morgan fingerprint density at radius 2 is 1.50 bits per heavy atom. The Morgan fingerprint density at radius 1 is 0.893 bits per heavy atom. The van der Waals surface area contributed by atoms with Gasteiger partial charge in [-0.1, -0.05) is 48.5 Å². The summed E-state index contributed by atoms with van der Waals surface area (Å²) in [6, 6.07) is 16.2. The largest absolute Gasteiger partial charge is 0.392 e. The van der Waals surface area contributed by atoms with E-state index in [4.69, 9.17) is 0 Å². The van der Waals surface area contributed by atoms with E-state index >= 15 is 0 Å². The van der Waals surface area contributed by atoms with Gasteiger partial charge in [-0.3, -0.25) is 9.59 Å². The number of ketones is 2. The summed E-state index contributed by atoms with van der Waals surface area (Å²) in [5, 5.41) is 13.6. The SMILES string of the molecule is O=C1C(=O)c2c(-c3ccccc3)nn(S(=O)(=O)c3ccccc3)c2C=C1CO. The monoisotopic (exact) mass is 394 g/mol. The highest BCUT2D eigenvalue weighted by atomic mass is 32.2. The normalized spacial score (nSPS) is 14.0. The number of carbonyl (C=O) groups excluding carboxylic acids is 2. The van der Waals surface area contributed by atoms with Crippen molar-refractivity contribution in [3.63, 3.8) is 0 Å². The van der Waals surface area contributed by atoms with Crippen LogP contribution in [0.5, 0.6) is 0 Å². The van der Waals surface area contributed by atoms with Crippen LogP contribution in [0.3, 0.4) is 0 Å². The number of hydrogen-bond acceptors (Lipinski definition) is 6. The van der Waals surface area contributed by atoms with Crippen molar-refractivity contribution >= 4 is 27.7 Å². The zero-order valence-corrected chi connectivity index (χ0v) is 15.3. The van der Waals surface area contributed by atoms with Gasteiger partial charge in [-0.05, 0) is 18.2 Å². The maximum absolute atomic E-state index is 13.1. The number of nitrogens with zero attached hydrogens (tertiary/aromatic N) is 2. The van der Waals surface area contributed by atoms with E-state index in [2.05, 4.69) is 5.10 Å². The molecule has 0 saturated carbocycles. The van der Waals surface area contributed by atoms with Crippen LogP contribution >= 0.6 is 0 Å². The predicted octanol–water partition coefficient (Wildman–Crippen LogP) is 1.93. The first-order valence-electron chi connectivity index (χ1n) is 8.34. The molecule has 0 radical (unpaired) electrons. The number of aliphatic hydroxyl groups is 1. The van der Waals surface area contributed by atoms with E-state index in [1.54, 1.807) is 48.5 Å². The van der Waals surface area contributed by atoms with E-state index < -0.39 is 28.2 Å². The molecular formula is C20H14N2O5S. The van der Waals surface area contributed by atoms with Gasteiger partial charge in [0.05, 0.1) is 22.8 Å². The van der Waals surface area contributed by atoms with Crippen LogP contribution in [0.2, 0.25) is 0 Å². The standard InChI is InChI=1S/C20H14N2O5S/c23-12-14-11-16-17(20(25)19(14)24)18(13-7-3-1-4-8-13)21-22(16)28(26,27)15-9-5-2-6-10-15/h1-11,23H,12H2. The van der Waals surface area contributed by atoms with Gasteiger partial charge in [0, 0.05) is 11.1 Å². The van der Waals surface area contributed by atoms with E-state index in [9.17, 15) is 23.1 Å². The Balaban J connectivity index is 2.06. The zero-order valence-electron chi connectivity index (χ0n) is 14.4. The summed E-state index contributed by atoms with van der Waals surface area (Å²) < 4.78 is 27.0. The van der Waals surface area contributed by atoms with Crippen molar-refractivity contribution < 1.29 is 23.1 Å². The summed E-state index contributed by atoms with van der Waals surface area (Å²) in [6.07, 6.45) is 1.21. The van der Waals surface area contributed by atoms with Crippen molar-refractivity contribution in [2.75, 3.05) is 6.61 Å². The highest BCUT2D eigenvalue weighted by molar-refractivity contribution is 7.89. The van der Waals surface area contributed by atoms with Gasteiger partial charge >= 0.3 is 0 Å². The second kappa shape index (κ2) is 6.66. The summed E-state index contributed by atoms with van der Waals surface area (Å²) in [7, 11) is -4.12. The van der Waals surface area contributed by atoms with Crippen LogP contribution in [0.4, 0.5) is 0 Å². The number of aromatic nitrogens is 2. The lowest BCUT2D eigenvalue weighted by atomic mass is 9.91. The number of aliphatic hydroxyl groups excluding tert-OH is 1. The molecule has 2 aromatic carbocycles. The van der Waals surface area contributed by atoms with Gasteiger partial charge in [-0.25, -0.2) is 0 Å². The highest BCUT2D eigenvalue weighted by Crippen LogP contribution is 2.33. The summed E-state index contributed by atoms with van der Waals surface area (Å²) >= 11 is 0. The first kappa shape index (κ1) is 18.0. The Hall–Kier alpha value is -3.36. The maximum Gasteiger partial charge on any atom is 0.283 e. The fraction of sp³-hybridized carbons (Fsp3) is 0.0500. The van der Waals surface area contributed by atoms with E-state index in [1.165, 1.54) is 18.2 Å². The van der Waals surface area contributed by atoms with Crippen molar-refractivity contribution in [3.8, 4) is 11.3 Å². The van der Waals surface area contributed by atoms with Gasteiger partial charge < -0.3 is 5.11 Å². The molecule has 1 heterocycles. The maximum atomic E-state index is 13.1. The third-order valence-electron chi connectivity index (χ3n) is 4.41. The third-order valence-corrected chi connectivity index (χ3v) is 6.01. The van der Waals surface area contributed by atoms with Gasteiger partial charge in [-0.15, -0.1) is 0 Å². The lowest BCUT2D eigenvalue weighted by molar-refractivity contribution is -0.112. The molecule has 7 nitrogen and oxygen atoms in total. The molecule has 0 amide bonds. The third kappa shape index (κ3) is 2.70. The molecule has 0 aliphatic heterocycles. The Labute approximate surface area is 160 Å². The molecule has 0 bridgehead atoms. The van der Waals surface area contributed by atoms with E-state index in [0.717, 1.165) is 4.09 Å². The number of rotatable bonds is 4. The van der Waals surface area contributed by atoms with Gasteiger partial charge in [0.25, 0.3) is 10.0 Å². The van der Waals surface area contributed by atoms with Gasteiger partial charge in [-0.2, -0.15) is 17.6 Å². The predicted molar refractivity (Wildman–Crippen MR) is 101 cm³/mol. The van der Waals surface area contributed by atoms with Crippen LogP contribution < -0.4 is 0 Å². The number of benzene rings is 2. The van der Waals surface area contributed by atoms with Crippen molar-refractivity contribution in [2.24, 2.45) is 0 Å². The average Bonchev–Trinajstić information content (AvgIpc) is 3.12. The summed E-state index contributed by atoms with van der Waals surface area (Å²) in [4.78, 5) is 25.0. The molecule has 0 saturated heterocycles. The molecule has 4 rings (SSSR count). The first-order valence-corrected chi connectivity index (χ1v) is 9.78. The fourth-order valence-corrected chi connectivity index (χ4v) is 4.34. The molecule has 0 spiro atoms. The number of carbonyl (C=O) groups is 2. The molecule has 3 aromatic rings. The smallest absolute Gasteiger partial charge is 0.283 e. The Kier molecular flexibility index (Phi) is 4.29. The van der Waals surface area contributed by atoms with Crippen LogP contribution in [0, 0.1) is 0 Å². The van der Waals surface area contributed by atoms with E-state index in [1.807, 2.05) is 0 Å². The van der Waals surface area contributed by atoms with Crippen molar-refractivity contribution in [3.05, 3.63) is 77.5 Å². The lowest BCUT2D eigenvalue weighted by Crippen LogP contribution is -2.25. The minimum Gasteiger partial charge on any atom is -0.392 e. The quantitative estimate of drug-likeness (QED) is 0.678. The van der Waals surface area contributed by atoms with Crippen LogP contribution in [0.1, 0.15) is 16.1 Å². The first-order chi connectivity index (χ1) is 13.4.